The highest BCUT2D eigenvalue weighted by Gasteiger charge is 2.13. The van der Waals surface area contributed by atoms with Gasteiger partial charge in [-0.2, -0.15) is 5.10 Å². The summed E-state index contributed by atoms with van der Waals surface area (Å²) in [6.07, 6.45) is 2.64. The maximum atomic E-state index is 4.64. The summed E-state index contributed by atoms with van der Waals surface area (Å²) in [7, 11) is 0. The Kier molecular flexibility index (Phi) is 3.90. The Labute approximate surface area is 136 Å². The van der Waals surface area contributed by atoms with Crippen molar-refractivity contribution in [3.63, 3.8) is 0 Å². The predicted molar refractivity (Wildman–Crippen MR) is 91.8 cm³/mol. The number of aromatic amines is 1. The molecule has 3 aromatic rings. The SMILES string of the molecule is c1ccc(-c2nc(-c3cccc(CN4CCCC4)c3)n[nH]2)cc1. The van der Waals surface area contributed by atoms with Gasteiger partial charge in [-0.25, -0.2) is 4.98 Å². The van der Waals surface area contributed by atoms with E-state index >= 15 is 0 Å². The molecule has 4 rings (SSSR count). The monoisotopic (exact) mass is 304 g/mol. The van der Waals surface area contributed by atoms with Crippen LogP contribution in [0, 0.1) is 0 Å². The quantitative estimate of drug-likeness (QED) is 0.798. The Morgan fingerprint density at radius 2 is 1.70 bits per heavy atom. The molecule has 4 nitrogen and oxygen atoms in total. The maximum Gasteiger partial charge on any atom is 0.181 e. The van der Waals surface area contributed by atoms with Gasteiger partial charge in [-0.1, -0.05) is 48.5 Å². The molecule has 0 aliphatic carbocycles. The second kappa shape index (κ2) is 6.34. The molecule has 4 heteroatoms. The smallest absolute Gasteiger partial charge is 0.181 e. The van der Waals surface area contributed by atoms with Gasteiger partial charge in [0.15, 0.2) is 11.6 Å². The van der Waals surface area contributed by atoms with Crippen LogP contribution < -0.4 is 0 Å². The minimum absolute atomic E-state index is 0.757. The molecule has 2 aromatic carbocycles. The lowest BCUT2D eigenvalue weighted by molar-refractivity contribution is 0.331. The molecule has 1 aliphatic rings. The lowest BCUT2D eigenvalue weighted by atomic mass is 10.1. The van der Waals surface area contributed by atoms with E-state index in [1.165, 1.54) is 31.5 Å². The first-order chi connectivity index (χ1) is 11.4. The van der Waals surface area contributed by atoms with E-state index in [9.17, 15) is 0 Å². The molecule has 1 aromatic heterocycles. The van der Waals surface area contributed by atoms with Gasteiger partial charge in [-0.05, 0) is 37.6 Å². The highest BCUT2D eigenvalue weighted by atomic mass is 15.2. The van der Waals surface area contributed by atoms with Crippen molar-refractivity contribution in [2.45, 2.75) is 19.4 Å². The van der Waals surface area contributed by atoms with Gasteiger partial charge in [-0.3, -0.25) is 10.00 Å². The Bertz CT molecular complexity index is 773. The van der Waals surface area contributed by atoms with Crippen LogP contribution in [0.2, 0.25) is 0 Å². The van der Waals surface area contributed by atoms with Crippen molar-refractivity contribution < 1.29 is 0 Å². The summed E-state index contributed by atoms with van der Waals surface area (Å²) in [6, 6.07) is 18.7. The first kappa shape index (κ1) is 14.2. The molecule has 0 amide bonds. The molecule has 1 saturated heterocycles. The molecule has 1 aliphatic heterocycles. The van der Waals surface area contributed by atoms with Crippen molar-refractivity contribution in [3.05, 3.63) is 60.2 Å². The van der Waals surface area contributed by atoms with Gasteiger partial charge in [0.2, 0.25) is 0 Å². The summed E-state index contributed by atoms with van der Waals surface area (Å²) in [5, 5.41) is 7.43. The maximum absolute atomic E-state index is 4.64. The molecule has 23 heavy (non-hydrogen) atoms. The molecule has 0 spiro atoms. The van der Waals surface area contributed by atoms with Gasteiger partial charge in [0.1, 0.15) is 0 Å². The number of nitrogens with one attached hydrogen (secondary N) is 1. The highest BCUT2D eigenvalue weighted by molar-refractivity contribution is 5.61. The second-order valence-electron chi connectivity index (χ2n) is 6.06. The Morgan fingerprint density at radius 1 is 0.913 bits per heavy atom. The van der Waals surface area contributed by atoms with Gasteiger partial charge in [0.25, 0.3) is 0 Å². The minimum Gasteiger partial charge on any atom is -0.299 e. The Morgan fingerprint density at radius 3 is 2.52 bits per heavy atom. The van der Waals surface area contributed by atoms with E-state index in [1.54, 1.807) is 0 Å². The Hall–Kier alpha value is -2.46. The fourth-order valence-corrected chi connectivity index (χ4v) is 3.12. The van der Waals surface area contributed by atoms with E-state index in [0.29, 0.717) is 0 Å². The van der Waals surface area contributed by atoms with Gasteiger partial charge in [0.05, 0.1) is 0 Å². The van der Waals surface area contributed by atoms with Crippen LogP contribution in [-0.2, 0) is 6.54 Å². The molecule has 0 bridgehead atoms. The summed E-state index contributed by atoms with van der Waals surface area (Å²) in [4.78, 5) is 7.15. The van der Waals surface area contributed by atoms with Crippen LogP contribution in [0.1, 0.15) is 18.4 Å². The predicted octanol–water partition coefficient (Wildman–Crippen LogP) is 3.73. The molecule has 0 unspecified atom stereocenters. The summed E-state index contributed by atoms with van der Waals surface area (Å²) < 4.78 is 0. The number of hydrogen-bond acceptors (Lipinski definition) is 3. The second-order valence-corrected chi connectivity index (χ2v) is 6.06. The van der Waals surface area contributed by atoms with Crippen molar-refractivity contribution in [3.8, 4) is 22.8 Å². The zero-order chi connectivity index (χ0) is 15.5. The molecular formula is C19H20N4. The van der Waals surface area contributed by atoms with Gasteiger partial charge < -0.3 is 0 Å². The van der Waals surface area contributed by atoms with E-state index in [-0.39, 0.29) is 0 Å². The van der Waals surface area contributed by atoms with Crippen molar-refractivity contribution in [2.24, 2.45) is 0 Å². The normalized spacial score (nSPS) is 15.1. The lowest BCUT2D eigenvalue weighted by Crippen LogP contribution is -2.18. The van der Waals surface area contributed by atoms with Crippen LogP contribution in [0.15, 0.2) is 54.6 Å². The number of aromatic nitrogens is 3. The topological polar surface area (TPSA) is 44.8 Å². The van der Waals surface area contributed by atoms with Crippen LogP contribution in [-0.4, -0.2) is 33.2 Å². The van der Waals surface area contributed by atoms with E-state index < -0.39 is 0 Å². The number of benzene rings is 2. The number of nitrogens with zero attached hydrogens (tertiary/aromatic N) is 3. The van der Waals surface area contributed by atoms with Gasteiger partial charge in [0, 0.05) is 17.7 Å². The first-order valence-corrected chi connectivity index (χ1v) is 8.18. The van der Waals surface area contributed by atoms with Crippen molar-refractivity contribution in [2.75, 3.05) is 13.1 Å². The number of likely N-dealkylation sites (tertiary alicyclic amines) is 1. The van der Waals surface area contributed by atoms with E-state index in [1.807, 2.05) is 30.3 Å². The third-order valence-corrected chi connectivity index (χ3v) is 4.32. The summed E-state index contributed by atoms with van der Waals surface area (Å²) in [5.41, 5.74) is 3.45. The molecule has 2 heterocycles. The van der Waals surface area contributed by atoms with Crippen LogP contribution >= 0.6 is 0 Å². The van der Waals surface area contributed by atoms with Gasteiger partial charge >= 0.3 is 0 Å². The molecule has 0 radical (unpaired) electrons. The van der Waals surface area contributed by atoms with Crippen LogP contribution in [0.3, 0.4) is 0 Å². The molecule has 1 N–H and O–H groups in total. The van der Waals surface area contributed by atoms with Crippen molar-refractivity contribution in [1.29, 1.82) is 0 Å². The van der Waals surface area contributed by atoms with Crippen LogP contribution in [0.4, 0.5) is 0 Å². The molecule has 0 atom stereocenters. The third-order valence-electron chi connectivity index (χ3n) is 4.32. The number of rotatable bonds is 4. The van der Waals surface area contributed by atoms with Crippen molar-refractivity contribution >= 4 is 0 Å². The van der Waals surface area contributed by atoms with E-state index in [2.05, 4.69) is 44.3 Å². The van der Waals surface area contributed by atoms with Crippen LogP contribution in [0.25, 0.3) is 22.8 Å². The third kappa shape index (κ3) is 3.17. The lowest BCUT2D eigenvalue weighted by Gasteiger charge is -2.14. The molecule has 1 fully saturated rings. The minimum atomic E-state index is 0.757. The fourth-order valence-electron chi connectivity index (χ4n) is 3.12. The van der Waals surface area contributed by atoms with E-state index in [4.69, 9.17) is 0 Å². The summed E-state index contributed by atoms with van der Waals surface area (Å²) in [5.74, 6) is 1.57. The fraction of sp³-hybridized carbons (Fsp3) is 0.263. The molecular weight excluding hydrogens is 284 g/mol. The molecule has 116 valence electrons. The highest BCUT2D eigenvalue weighted by Crippen LogP contribution is 2.22. The standard InChI is InChI=1S/C19H20N4/c1-2-8-16(9-3-1)18-20-19(22-21-18)17-10-6-7-15(13-17)14-23-11-4-5-12-23/h1-3,6-10,13H,4-5,11-12,14H2,(H,20,21,22). The largest absolute Gasteiger partial charge is 0.299 e. The Balaban J connectivity index is 1.57. The van der Waals surface area contributed by atoms with Gasteiger partial charge in [-0.15, -0.1) is 0 Å². The zero-order valence-corrected chi connectivity index (χ0v) is 13.1. The number of hydrogen-bond donors (Lipinski definition) is 1. The average molecular weight is 304 g/mol. The van der Waals surface area contributed by atoms with Crippen molar-refractivity contribution in [1.82, 2.24) is 20.1 Å². The molecule has 0 saturated carbocycles. The number of H-pyrrole nitrogens is 1. The first-order valence-electron chi connectivity index (χ1n) is 8.18. The van der Waals surface area contributed by atoms with E-state index in [0.717, 1.165) is 29.3 Å². The zero-order valence-electron chi connectivity index (χ0n) is 13.1. The average Bonchev–Trinajstić information content (AvgIpc) is 3.28. The summed E-state index contributed by atoms with van der Waals surface area (Å²) >= 11 is 0. The van der Waals surface area contributed by atoms with Crippen LogP contribution in [0.5, 0.6) is 0 Å². The summed E-state index contributed by atoms with van der Waals surface area (Å²) in [6.45, 7) is 3.44.